The molecule has 27 heavy (non-hydrogen) atoms. The van der Waals surface area contributed by atoms with E-state index in [1.807, 2.05) is 18.4 Å². The highest BCUT2D eigenvalue weighted by Crippen LogP contribution is 2.31. The Morgan fingerprint density at radius 3 is 2.70 bits per heavy atom. The van der Waals surface area contributed by atoms with E-state index in [1.165, 1.54) is 6.33 Å². The van der Waals surface area contributed by atoms with Crippen LogP contribution in [0.4, 0.5) is 4.79 Å². The molecule has 0 spiro atoms. The summed E-state index contributed by atoms with van der Waals surface area (Å²) in [4.78, 5) is 32.4. The first kappa shape index (κ1) is 17.1. The number of carboxylic acid groups (broad SMARTS) is 1. The summed E-state index contributed by atoms with van der Waals surface area (Å²) in [6.07, 6.45) is 5.00. The molecule has 0 radical (unpaired) electrons. The fraction of sp³-hybridized carbons (Fsp3) is 0.412. The second-order valence-electron chi connectivity index (χ2n) is 6.41. The van der Waals surface area contributed by atoms with Crippen molar-refractivity contribution in [2.24, 2.45) is 0 Å². The van der Waals surface area contributed by atoms with Crippen LogP contribution in [0.1, 0.15) is 25.6 Å². The maximum atomic E-state index is 10.7. The smallest absolute Gasteiger partial charge is 0.404 e. The Morgan fingerprint density at radius 2 is 2.04 bits per heavy atom. The van der Waals surface area contributed by atoms with Crippen LogP contribution in [-0.4, -0.2) is 52.8 Å². The number of nitrogens with zero attached hydrogens (tertiary/aromatic N) is 6. The van der Waals surface area contributed by atoms with Gasteiger partial charge in [0.15, 0.2) is 11.2 Å². The molecule has 0 unspecified atom stereocenters. The van der Waals surface area contributed by atoms with E-state index in [1.54, 1.807) is 12.4 Å². The third-order valence-corrected chi connectivity index (χ3v) is 4.55. The Morgan fingerprint density at radius 1 is 1.30 bits per heavy atom. The lowest BCUT2D eigenvalue weighted by Crippen LogP contribution is -2.48. The van der Waals surface area contributed by atoms with Crippen molar-refractivity contribution in [2.45, 2.75) is 45.4 Å². The van der Waals surface area contributed by atoms with Gasteiger partial charge in [-0.15, -0.1) is 0 Å². The number of nitrogens with one attached hydrogen (secondary N) is 1. The molecule has 1 saturated carbocycles. The van der Waals surface area contributed by atoms with E-state index in [2.05, 4.69) is 30.2 Å². The molecule has 3 heterocycles. The summed E-state index contributed by atoms with van der Waals surface area (Å²) < 4.78 is 7.92. The van der Waals surface area contributed by atoms with Gasteiger partial charge in [0, 0.05) is 37.8 Å². The predicted molar refractivity (Wildman–Crippen MR) is 95.4 cm³/mol. The number of aryl methyl sites for hydroxylation is 2. The quantitative estimate of drug-likeness (QED) is 0.696. The van der Waals surface area contributed by atoms with E-state index in [-0.39, 0.29) is 12.1 Å². The SMILES string of the molecule is CCn1c(-c2cnc(C)nc2)nc2c(O[C@H]3C[C@H](NC(=O)O)C3)ncnc21. The van der Waals surface area contributed by atoms with Gasteiger partial charge in [0.1, 0.15) is 24.1 Å². The summed E-state index contributed by atoms with van der Waals surface area (Å²) in [6, 6.07) is -0.0849. The Labute approximate surface area is 154 Å². The van der Waals surface area contributed by atoms with Crippen molar-refractivity contribution in [3.05, 3.63) is 24.5 Å². The van der Waals surface area contributed by atoms with Crippen LogP contribution in [0, 0.1) is 6.92 Å². The zero-order valence-corrected chi connectivity index (χ0v) is 15.0. The van der Waals surface area contributed by atoms with Crippen molar-refractivity contribution < 1.29 is 14.6 Å². The molecule has 4 rings (SSSR count). The molecular weight excluding hydrogens is 350 g/mol. The van der Waals surface area contributed by atoms with Gasteiger partial charge in [-0.25, -0.2) is 24.7 Å². The lowest BCUT2D eigenvalue weighted by Gasteiger charge is -2.34. The first-order valence-electron chi connectivity index (χ1n) is 8.71. The predicted octanol–water partition coefficient (Wildman–Crippen LogP) is 1.79. The summed E-state index contributed by atoms with van der Waals surface area (Å²) in [5, 5.41) is 11.2. The molecule has 140 valence electrons. The van der Waals surface area contributed by atoms with Crippen LogP contribution >= 0.6 is 0 Å². The Kier molecular flexibility index (Phi) is 4.30. The molecule has 10 heteroatoms. The van der Waals surface area contributed by atoms with E-state index in [4.69, 9.17) is 9.84 Å². The normalized spacial score (nSPS) is 18.9. The number of fused-ring (bicyclic) bond motifs is 1. The first-order valence-corrected chi connectivity index (χ1v) is 8.71. The molecule has 0 aliphatic heterocycles. The lowest BCUT2D eigenvalue weighted by atomic mass is 9.89. The second kappa shape index (κ2) is 6.78. The number of amides is 1. The minimum absolute atomic E-state index is 0.0849. The average molecular weight is 369 g/mol. The van der Waals surface area contributed by atoms with E-state index < -0.39 is 6.09 Å². The molecule has 3 aromatic rings. The number of aromatic nitrogens is 6. The monoisotopic (exact) mass is 369 g/mol. The van der Waals surface area contributed by atoms with Crippen molar-refractivity contribution >= 4 is 17.3 Å². The summed E-state index contributed by atoms with van der Waals surface area (Å²) in [7, 11) is 0. The van der Waals surface area contributed by atoms with Crippen LogP contribution in [0.2, 0.25) is 0 Å². The summed E-state index contributed by atoms with van der Waals surface area (Å²) in [6.45, 7) is 4.51. The van der Waals surface area contributed by atoms with Gasteiger partial charge in [-0.2, -0.15) is 4.98 Å². The molecule has 0 atom stereocenters. The van der Waals surface area contributed by atoms with Gasteiger partial charge in [-0.05, 0) is 13.8 Å². The highest BCUT2D eigenvalue weighted by Gasteiger charge is 2.33. The van der Waals surface area contributed by atoms with Crippen LogP contribution in [0.3, 0.4) is 0 Å². The van der Waals surface area contributed by atoms with Crippen LogP contribution in [0.25, 0.3) is 22.6 Å². The maximum Gasteiger partial charge on any atom is 0.404 e. The fourth-order valence-corrected chi connectivity index (χ4v) is 3.14. The lowest BCUT2D eigenvalue weighted by molar-refractivity contribution is 0.0805. The van der Waals surface area contributed by atoms with Crippen LogP contribution in [0.15, 0.2) is 18.7 Å². The summed E-state index contributed by atoms with van der Waals surface area (Å²) >= 11 is 0. The van der Waals surface area contributed by atoms with E-state index >= 15 is 0 Å². The first-order chi connectivity index (χ1) is 13.0. The van der Waals surface area contributed by atoms with Crippen LogP contribution in [0.5, 0.6) is 5.88 Å². The number of carbonyl (C=O) groups is 1. The van der Waals surface area contributed by atoms with Gasteiger partial charge in [0.25, 0.3) is 0 Å². The molecule has 2 N–H and O–H groups in total. The second-order valence-corrected chi connectivity index (χ2v) is 6.41. The topological polar surface area (TPSA) is 128 Å². The fourth-order valence-electron chi connectivity index (χ4n) is 3.14. The molecule has 0 saturated heterocycles. The summed E-state index contributed by atoms with van der Waals surface area (Å²) in [5.74, 6) is 1.80. The van der Waals surface area contributed by atoms with Crippen molar-refractivity contribution in [1.82, 2.24) is 34.8 Å². The van der Waals surface area contributed by atoms with E-state index in [0.717, 1.165) is 5.56 Å². The molecule has 3 aromatic heterocycles. The van der Waals surface area contributed by atoms with Crippen molar-refractivity contribution in [3.8, 4) is 17.3 Å². The minimum atomic E-state index is -1.02. The van der Waals surface area contributed by atoms with Gasteiger partial charge in [0.05, 0.1) is 5.56 Å². The van der Waals surface area contributed by atoms with E-state index in [0.29, 0.717) is 48.1 Å². The zero-order valence-electron chi connectivity index (χ0n) is 15.0. The molecular formula is C17H19N7O3. The highest BCUT2D eigenvalue weighted by atomic mass is 16.5. The van der Waals surface area contributed by atoms with Crippen molar-refractivity contribution in [2.75, 3.05) is 0 Å². The molecule has 10 nitrogen and oxygen atoms in total. The number of imidazole rings is 1. The van der Waals surface area contributed by atoms with Crippen LogP contribution in [-0.2, 0) is 6.54 Å². The maximum absolute atomic E-state index is 10.7. The number of hydrogen-bond acceptors (Lipinski definition) is 7. The molecule has 1 amide bonds. The van der Waals surface area contributed by atoms with Crippen molar-refractivity contribution in [1.29, 1.82) is 0 Å². The molecule has 0 bridgehead atoms. The third kappa shape index (κ3) is 3.25. The Hall–Kier alpha value is -3.30. The average Bonchev–Trinajstić information content (AvgIpc) is 2.99. The largest absolute Gasteiger partial charge is 0.473 e. The standard InChI is InChI=1S/C17H19N7O3/c1-3-24-14(10-6-18-9(2)19-7-10)23-13-15(24)20-8-21-16(13)27-12-4-11(5-12)22-17(25)26/h6-8,11-12,22H,3-5H2,1-2H3,(H,25,26)/t11-,12-. The van der Waals surface area contributed by atoms with E-state index in [9.17, 15) is 4.79 Å². The molecule has 1 aliphatic carbocycles. The zero-order chi connectivity index (χ0) is 19.0. The molecule has 0 aromatic carbocycles. The Balaban J connectivity index is 1.63. The van der Waals surface area contributed by atoms with Gasteiger partial charge < -0.3 is 19.7 Å². The van der Waals surface area contributed by atoms with Gasteiger partial charge in [0.2, 0.25) is 5.88 Å². The highest BCUT2D eigenvalue weighted by molar-refractivity contribution is 5.81. The minimum Gasteiger partial charge on any atom is -0.473 e. The van der Waals surface area contributed by atoms with Gasteiger partial charge >= 0.3 is 6.09 Å². The van der Waals surface area contributed by atoms with Crippen LogP contribution < -0.4 is 10.1 Å². The number of ether oxygens (including phenoxy) is 1. The Bertz CT molecular complexity index is 980. The molecule has 1 aliphatic rings. The third-order valence-electron chi connectivity index (χ3n) is 4.55. The van der Waals surface area contributed by atoms with Gasteiger partial charge in [-0.3, -0.25) is 0 Å². The van der Waals surface area contributed by atoms with Crippen molar-refractivity contribution in [3.63, 3.8) is 0 Å². The summed E-state index contributed by atoms with van der Waals surface area (Å²) in [5.41, 5.74) is 2.04. The molecule has 1 fully saturated rings. The number of hydrogen-bond donors (Lipinski definition) is 2. The van der Waals surface area contributed by atoms with Gasteiger partial charge in [-0.1, -0.05) is 0 Å². The number of rotatable bonds is 5.